The zero-order valence-corrected chi connectivity index (χ0v) is 23.2. The number of hydrogen-bond acceptors (Lipinski definition) is 6. The molecular weight excluding hydrogens is 518 g/mol. The van der Waals surface area contributed by atoms with Gasteiger partial charge in [0.05, 0.1) is 10.9 Å². The highest BCUT2D eigenvalue weighted by Gasteiger charge is 2.34. The molecule has 0 atom stereocenters. The number of sulfone groups is 1. The summed E-state index contributed by atoms with van der Waals surface area (Å²) >= 11 is 0. The number of aromatic nitrogens is 1. The quantitative estimate of drug-likeness (QED) is 0.234. The van der Waals surface area contributed by atoms with Crippen LogP contribution >= 0.6 is 0 Å². The maximum atomic E-state index is 13.8. The van der Waals surface area contributed by atoms with E-state index in [0.29, 0.717) is 24.9 Å². The summed E-state index contributed by atoms with van der Waals surface area (Å²) in [6, 6.07) is 37.3. The summed E-state index contributed by atoms with van der Waals surface area (Å²) in [6.07, 6.45) is 0. The molecule has 1 aliphatic rings. The monoisotopic (exact) mass is 549 g/mol. The lowest BCUT2D eigenvalue weighted by atomic mass is 9.96. The third-order valence-corrected chi connectivity index (χ3v) is 9.13. The van der Waals surface area contributed by atoms with Crippen molar-refractivity contribution in [2.45, 2.75) is 22.9 Å². The van der Waals surface area contributed by atoms with E-state index in [9.17, 15) is 8.42 Å². The van der Waals surface area contributed by atoms with E-state index in [1.807, 2.05) is 48.2 Å². The van der Waals surface area contributed by atoms with Crippen molar-refractivity contribution in [2.24, 2.45) is 0 Å². The Hall–Kier alpha value is -4.20. The molecule has 6 nitrogen and oxygen atoms in total. The number of rotatable bonds is 7. The second-order valence-electron chi connectivity index (χ2n) is 10.0. The maximum absolute atomic E-state index is 13.8. The van der Waals surface area contributed by atoms with Crippen molar-refractivity contribution in [3.63, 3.8) is 0 Å². The van der Waals surface area contributed by atoms with E-state index in [1.165, 1.54) is 11.1 Å². The molecule has 0 unspecified atom stereocenters. The third-order valence-electron chi connectivity index (χ3n) is 7.46. The molecule has 0 N–H and O–H groups in total. The summed E-state index contributed by atoms with van der Waals surface area (Å²) in [5, 5.41) is -0.0342. The second kappa shape index (κ2) is 11.1. The van der Waals surface area contributed by atoms with Crippen LogP contribution in [0.3, 0.4) is 0 Å². The van der Waals surface area contributed by atoms with Gasteiger partial charge in [-0.05, 0) is 41.8 Å². The third kappa shape index (κ3) is 5.06. The average Bonchev–Trinajstić information content (AvgIpc) is 3.46. The molecule has 0 saturated carbocycles. The van der Waals surface area contributed by atoms with Gasteiger partial charge in [-0.25, -0.2) is 8.42 Å². The van der Waals surface area contributed by atoms with Crippen LogP contribution < -0.4 is 4.90 Å². The van der Waals surface area contributed by atoms with E-state index in [4.69, 9.17) is 4.42 Å². The number of benzene rings is 4. The van der Waals surface area contributed by atoms with E-state index in [1.54, 1.807) is 30.3 Å². The minimum Gasteiger partial charge on any atom is -0.419 e. The molecule has 6 rings (SSSR count). The van der Waals surface area contributed by atoms with Gasteiger partial charge in [0, 0.05) is 31.7 Å². The largest absolute Gasteiger partial charge is 0.419 e. The van der Waals surface area contributed by atoms with Crippen molar-refractivity contribution in [2.75, 3.05) is 31.1 Å². The Bertz CT molecular complexity index is 1640. The summed E-state index contributed by atoms with van der Waals surface area (Å²) in [7, 11) is -3.89. The van der Waals surface area contributed by atoms with Gasteiger partial charge in [0.15, 0.2) is 0 Å². The standard InChI is InChI=1S/C33H31N3O3S/c1-25-13-11-12-20-29(25)31-34-32(40(37,38)28-18-9-4-10-19-28)33(39-31)36-23-21-35(22-24-36)30(26-14-5-2-6-15-26)27-16-7-3-8-17-27/h2-20,30H,21-24H2,1H3. The molecule has 0 aliphatic carbocycles. The summed E-state index contributed by atoms with van der Waals surface area (Å²) < 4.78 is 33.9. The molecule has 5 aromatic rings. The Morgan fingerprint density at radius 3 is 1.80 bits per heavy atom. The van der Waals surface area contributed by atoms with E-state index in [0.717, 1.165) is 24.2 Å². The normalized spacial score (nSPS) is 14.5. The Kier molecular flexibility index (Phi) is 7.24. The lowest BCUT2D eigenvalue weighted by molar-refractivity contribution is 0.209. The molecule has 0 amide bonds. The number of oxazole rings is 1. The molecule has 1 fully saturated rings. The first kappa shape index (κ1) is 26.0. The highest BCUT2D eigenvalue weighted by Crippen LogP contribution is 2.37. The molecule has 40 heavy (non-hydrogen) atoms. The summed E-state index contributed by atoms with van der Waals surface area (Å²) in [5.74, 6) is 0.620. The van der Waals surface area contributed by atoms with Crippen molar-refractivity contribution in [3.05, 3.63) is 132 Å². The molecule has 7 heteroatoms. The fourth-order valence-electron chi connectivity index (χ4n) is 5.38. The minimum atomic E-state index is -3.89. The van der Waals surface area contributed by atoms with Crippen molar-refractivity contribution in [3.8, 4) is 11.5 Å². The van der Waals surface area contributed by atoms with Gasteiger partial charge in [0.25, 0.3) is 0 Å². The molecule has 1 saturated heterocycles. The van der Waals surface area contributed by atoms with Gasteiger partial charge in [-0.3, -0.25) is 4.90 Å². The van der Waals surface area contributed by atoms with Crippen molar-refractivity contribution in [1.29, 1.82) is 0 Å². The van der Waals surface area contributed by atoms with Crippen LogP contribution in [0.15, 0.2) is 130 Å². The topological polar surface area (TPSA) is 66.7 Å². The van der Waals surface area contributed by atoms with E-state index >= 15 is 0 Å². The fourth-order valence-corrected chi connectivity index (χ4v) is 6.72. The molecule has 4 aromatic carbocycles. The molecule has 1 aromatic heterocycles. The number of nitrogens with zero attached hydrogens (tertiary/aromatic N) is 3. The van der Waals surface area contributed by atoms with E-state index in [-0.39, 0.29) is 16.0 Å². The van der Waals surface area contributed by atoms with E-state index < -0.39 is 9.84 Å². The Morgan fingerprint density at radius 2 is 1.23 bits per heavy atom. The van der Waals surface area contributed by atoms with Crippen LogP contribution in [-0.4, -0.2) is 44.5 Å². The van der Waals surface area contributed by atoms with Crippen LogP contribution in [0.25, 0.3) is 11.5 Å². The van der Waals surface area contributed by atoms with Gasteiger partial charge in [-0.1, -0.05) is 97.1 Å². The molecule has 202 valence electrons. The van der Waals surface area contributed by atoms with Crippen LogP contribution in [-0.2, 0) is 9.84 Å². The predicted molar refractivity (Wildman–Crippen MR) is 157 cm³/mol. The molecule has 0 spiro atoms. The molecule has 2 heterocycles. The molecule has 1 aliphatic heterocycles. The highest BCUT2D eigenvalue weighted by atomic mass is 32.2. The number of aryl methyl sites for hydroxylation is 1. The number of piperazine rings is 1. The van der Waals surface area contributed by atoms with Crippen molar-refractivity contribution < 1.29 is 12.8 Å². The maximum Gasteiger partial charge on any atom is 0.236 e. The highest BCUT2D eigenvalue weighted by molar-refractivity contribution is 7.91. The zero-order chi connectivity index (χ0) is 27.5. The van der Waals surface area contributed by atoms with E-state index in [2.05, 4.69) is 58.4 Å². The molecular formula is C33H31N3O3S. The zero-order valence-electron chi connectivity index (χ0n) is 22.4. The molecule has 0 bridgehead atoms. The van der Waals surface area contributed by atoms with Gasteiger partial charge in [0.1, 0.15) is 0 Å². The van der Waals surface area contributed by atoms with Gasteiger partial charge in [-0.2, -0.15) is 4.98 Å². The smallest absolute Gasteiger partial charge is 0.236 e. The summed E-state index contributed by atoms with van der Waals surface area (Å²) in [4.78, 5) is 9.28. The van der Waals surface area contributed by atoms with Gasteiger partial charge in [0.2, 0.25) is 26.6 Å². The fraction of sp³-hybridized carbons (Fsp3) is 0.182. The van der Waals surface area contributed by atoms with Crippen LogP contribution in [0.1, 0.15) is 22.7 Å². The van der Waals surface area contributed by atoms with Crippen molar-refractivity contribution in [1.82, 2.24) is 9.88 Å². The SMILES string of the molecule is Cc1ccccc1-c1nc(S(=O)(=O)c2ccccc2)c(N2CCN(C(c3ccccc3)c3ccccc3)CC2)o1. The summed E-state index contributed by atoms with van der Waals surface area (Å²) in [5.41, 5.74) is 4.22. The number of hydrogen-bond donors (Lipinski definition) is 0. The Balaban J connectivity index is 1.35. The lowest BCUT2D eigenvalue weighted by Crippen LogP contribution is -2.48. The first-order chi connectivity index (χ1) is 19.5. The summed E-state index contributed by atoms with van der Waals surface area (Å²) in [6.45, 7) is 4.65. The molecule has 0 radical (unpaired) electrons. The first-order valence-electron chi connectivity index (χ1n) is 13.5. The van der Waals surface area contributed by atoms with Crippen LogP contribution in [0.2, 0.25) is 0 Å². The van der Waals surface area contributed by atoms with Crippen LogP contribution in [0, 0.1) is 6.92 Å². The Labute approximate surface area is 235 Å². The number of anilines is 1. The Morgan fingerprint density at radius 1 is 0.700 bits per heavy atom. The van der Waals surface area contributed by atoms with Gasteiger partial charge < -0.3 is 9.32 Å². The van der Waals surface area contributed by atoms with Crippen molar-refractivity contribution >= 4 is 15.7 Å². The minimum absolute atomic E-state index is 0.0342. The average molecular weight is 550 g/mol. The second-order valence-corrected chi connectivity index (χ2v) is 11.9. The van der Waals surface area contributed by atoms with Crippen LogP contribution in [0.5, 0.6) is 0 Å². The van der Waals surface area contributed by atoms with Gasteiger partial charge >= 0.3 is 0 Å². The predicted octanol–water partition coefficient (Wildman–Crippen LogP) is 6.39. The van der Waals surface area contributed by atoms with Gasteiger partial charge in [-0.15, -0.1) is 0 Å². The van der Waals surface area contributed by atoms with Crippen LogP contribution in [0.4, 0.5) is 5.88 Å². The lowest BCUT2D eigenvalue weighted by Gasteiger charge is -2.39. The first-order valence-corrected chi connectivity index (χ1v) is 15.0.